The molecule has 0 saturated carbocycles. The largest absolute Gasteiger partial charge is 0.448 e. The summed E-state index contributed by atoms with van der Waals surface area (Å²) in [6.07, 6.45) is 68.3. The molecule has 0 aromatic heterocycles. The fourth-order valence-electron chi connectivity index (χ4n) is 8.14. The molecule has 0 bridgehead atoms. The summed E-state index contributed by atoms with van der Waals surface area (Å²) >= 11 is 0. The summed E-state index contributed by atoms with van der Waals surface area (Å²) in [6, 6.07) is 0. The van der Waals surface area contributed by atoms with E-state index in [1.54, 1.807) is 0 Å². The van der Waals surface area contributed by atoms with Gasteiger partial charge >= 0.3 is 6.09 Å². The smallest absolute Gasteiger partial charge is 0.409 e. The number of amides is 1. The molecule has 0 aliphatic heterocycles. The average Bonchev–Trinajstić information content (AvgIpc) is 3.32. The van der Waals surface area contributed by atoms with E-state index in [0.29, 0.717) is 6.61 Å². The second kappa shape index (κ2) is 62.1. The summed E-state index contributed by atoms with van der Waals surface area (Å²) in [5.41, 5.74) is 0. The highest BCUT2D eigenvalue weighted by molar-refractivity contribution is 5.67. The van der Waals surface area contributed by atoms with Gasteiger partial charge in [0, 0.05) is 32.7 Å². The Morgan fingerprint density at radius 3 is 1.06 bits per heavy atom. The van der Waals surface area contributed by atoms with Gasteiger partial charge in [-0.1, -0.05) is 230 Å². The molecular formula is C61H120N4O2. The van der Waals surface area contributed by atoms with Crippen LogP contribution in [-0.2, 0) is 4.74 Å². The van der Waals surface area contributed by atoms with Gasteiger partial charge in [-0.05, 0) is 117 Å². The van der Waals surface area contributed by atoms with Crippen LogP contribution in [0.15, 0.2) is 48.6 Å². The van der Waals surface area contributed by atoms with Gasteiger partial charge in [0.15, 0.2) is 0 Å². The van der Waals surface area contributed by atoms with Crippen LogP contribution in [0.25, 0.3) is 0 Å². The van der Waals surface area contributed by atoms with Gasteiger partial charge in [0.1, 0.15) is 6.61 Å². The molecule has 0 atom stereocenters. The van der Waals surface area contributed by atoms with Gasteiger partial charge in [-0.3, -0.25) is 0 Å². The van der Waals surface area contributed by atoms with E-state index in [1.807, 2.05) is 4.90 Å². The van der Waals surface area contributed by atoms with Crippen molar-refractivity contribution in [1.29, 1.82) is 0 Å². The van der Waals surface area contributed by atoms with Crippen LogP contribution in [0, 0.1) is 0 Å². The first kappa shape index (κ1) is 67.2. The van der Waals surface area contributed by atoms with E-state index in [-0.39, 0.29) is 6.09 Å². The monoisotopic (exact) mass is 941 g/mol. The lowest BCUT2D eigenvalue weighted by Crippen LogP contribution is -2.35. The minimum Gasteiger partial charge on any atom is -0.448 e. The van der Waals surface area contributed by atoms with E-state index >= 15 is 0 Å². The molecule has 6 nitrogen and oxygen atoms in total. The van der Waals surface area contributed by atoms with Crippen molar-refractivity contribution in [2.75, 3.05) is 66.5 Å². The Bertz CT molecular complexity index is 1040. The molecule has 0 saturated heterocycles. The van der Waals surface area contributed by atoms with Crippen molar-refractivity contribution >= 4 is 6.09 Å². The minimum absolute atomic E-state index is 0.127. The number of ether oxygens (including phenoxy) is 1. The van der Waals surface area contributed by atoms with Crippen LogP contribution in [0.2, 0.25) is 0 Å². The third-order valence-electron chi connectivity index (χ3n) is 12.7. The number of allylic oxidation sites excluding steroid dienone is 8. The number of carbonyl (C=O) groups is 1. The van der Waals surface area contributed by atoms with Crippen LogP contribution in [0.5, 0.6) is 0 Å². The van der Waals surface area contributed by atoms with Crippen molar-refractivity contribution in [1.82, 2.24) is 20.4 Å². The zero-order valence-corrected chi connectivity index (χ0v) is 46.4. The highest BCUT2D eigenvalue weighted by Crippen LogP contribution is 2.13. The van der Waals surface area contributed by atoms with Crippen molar-refractivity contribution in [3.05, 3.63) is 48.6 Å². The van der Waals surface area contributed by atoms with E-state index in [9.17, 15) is 4.79 Å². The number of nitrogens with zero attached hydrogens (tertiary/aromatic N) is 2. The molecule has 0 fully saturated rings. The van der Waals surface area contributed by atoms with Crippen molar-refractivity contribution < 1.29 is 9.53 Å². The predicted molar refractivity (Wildman–Crippen MR) is 302 cm³/mol. The van der Waals surface area contributed by atoms with Gasteiger partial charge in [0.05, 0.1) is 0 Å². The summed E-state index contributed by atoms with van der Waals surface area (Å²) in [6.45, 7) is 16.3. The lowest BCUT2D eigenvalue weighted by atomic mass is 10.1. The van der Waals surface area contributed by atoms with E-state index < -0.39 is 0 Å². The number of rotatable bonds is 52. The highest BCUT2D eigenvalue weighted by Gasteiger charge is 2.14. The molecule has 1 amide bonds. The fraction of sp³-hybridized carbons (Fsp3) is 0.852. The molecule has 0 aliphatic rings. The SMILES string of the molecule is CCCCC/C=C\C/C=C\CCCCCCCCN(CCCCCCCCC)C(=O)OCCNCCN(C)C.CCCCC/C=C\C/C=C\CCCCCCCCNCCCCCCCCC. The molecule has 0 heterocycles. The van der Waals surface area contributed by atoms with Gasteiger partial charge in [0.25, 0.3) is 0 Å². The highest BCUT2D eigenvalue weighted by atomic mass is 16.6. The Morgan fingerprint density at radius 1 is 0.358 bits per heavy atom. The summed E-state index contributed by atoms with van der Waals surface area (Å²) in [5, 5.41) is 6.97. The Balaban J connectivity index is 0. The Morgan fingerprint density at radius 2 is 0.672 bits per heavy atom. The van der Waals surface area contributed by atoms with Crippen LogP contribution >= 0.6 is 0 Å². The van der Waals surface area contributed by atoms with Gasteiger partial charge in [0.2, 0.25) is 0 Å². The Kier molecular flexibility index (Phi) is 62.3. The second-order valence-electron chi connectivity index (χ2n) is 19.8. The van der Waals surface area contributed by atoms with Crippen molar-refractivity contribution in [3.63, 3.8) is 0 Å². The summed E-state index contributed by atoms with van der Waals surface area (Å²) in [4.78, 5) is 16.9. The molecule has 6 heteroatoms. The first-order valence-electron chi connectivity index (χ1n) is 29.6. The second-order valence-corrected chi connectivity index (χ2v) is 19.8. The maximum Gasteiger partial charge on any atom is 0.409 e. The topological polar surface area (TPSA) is 56.8 Å². The minimum atomic E-state index is -0.127. The lowest BCUT2D eigenvalue weighted by molar-refractivity contribution is 0.101. The van der Waals surface area contributed by atoms with E-state index in [0.717, 1.165) is 58.4 Å². The Labute approximate surface area is 421 Å². The van der Waals surface area contributed by atoms with E-state index in [2.05, 4.69) is 106 Å². The molecule has 0 aromatic rings. The van der Waals surface area contributed by atoms with E-state index in [1.165, 1.54) is 231 Å². The van der Waals surface area contributed by atoms with Crippen molar-refractivity contribution in [2.24, 2.45) is 0 Å². The number of nitrogens with one attached hydrogen (secondary N) is 2. The van der Waals surface area contributed by atoms with Crippen LogP contribution < -0.4 is 10.6 Å². The summed E-state index contributed by atoms with van der Waals surface area (Å²) < 4.78 is 5.60. The lowest BCUT2D eigenvalue weighted by Gasteiger charge is -2.22. The fourth-order valence-corrected chi connectivity index (χ4v) is 8.14. The van der Waals surface area contributed by atoms with Gasteiger partial charge in [-0.15, -0.1) is 0 Å². The van der Waals surface area contributed by atoms with Gasteiger partial charge in [-0.2, -0.15) is 0 Å². The standard InChI is InChI=1S/C34H67N3O2.C27H53N/c1-5-7-9-11-13-14-15-16-17-18-19-20-21-23-25-27-31-37(30-26-24-22-12-10-8-6-2)34(38)39-33-29-35-28-32-36(3)4;1-3-5-7-9-11-12-13-14-15-16-17-18-19-21-23-25-27-28-26-24-22-20-10-8-6-4-2/h13-14,16-17,35H,5-12,15,18-33H2,1-4H3;11-12,14-15,28H,3-10,13,16-27H2,1-2H3/b14-13-,17-16-;12-11-,15-14-. The molecule has 396 valence electrons. The van der Waals surface area contributed by atoms with Crippen LogP contribution in [0.3, 0.4) is 0 Å². The molecule has 67 heavy (non-hydrogen) atoms. The number of hydrogen-bond acceptors (Lipinski definition) is 5. The Hall–Kier alpha value is -1.89. The molecular weight excluding hydrogens is 821 g/mol. The maximum absolute atomic E-state index is 12.7. The summed E-state index contributed by atoms with van der Waals surface area (Å²) in [7, 11) is 4.13. The van der Waals surface area contributed by atoms with Crippen LogP contribution in [0.1, 0.15) is 272 Å². The third-order valence-corrected chi connectivity index (χ3v) is 12.7. The number of hydrogen-bond donors (Lipinski definition) is 2. The number of carbonyl (C=O) groups excluding carboxylic acids is 1. The average molecular weight is 942 g/mol. The van der Waals surface area contributed by atoms with Crippen LogP contribution in [0.4, 0.5) is 4.79 Å². The molecule has 0 rings (SSSR count). The zero-order chi connectivity index (χ0) is 49.0. The molecule has 0 radical (unpaired) electrons. The van der Waals surface area contributed by atoms with Crippen molar-refractivity contribution in [2.45, 2.75) is 272 Å². The van der Waals surface area contributed by atoms with Gasteiger partial charge < -0.3 is 25.2 Å². The summed E-state index contributed by atoms with van der Waals surface area (Å²) in [5.74, 6) is 0. The van der Waals surface area contributed by atoms with Crippen LogP contribution in [-0.4, -0.2) is 82.4 Å². The quantitative estimate of drug-likeness (QED) is 0.0470. The molecule has 0 aromatic carbocycles. The predicted octanol–water partition coefficient (Wildman–Crippen LogP) is 18.3. The maximum atomic E-state index is 12.7. The first-order valence-corrected chi connectivity index (χ1v) is 29.6. The molecule has 0 spiro atoms. The van der Waals surface area contributed by atoms with Crippen molar-refractivity contribution in [3.8, 4) is 0 Å². The third kappa shape index (κ3) is 62.1. The normalized spacial score (nSPS) is 11.9. The number of likely N-dealkylation sites (N-methyl/N-ethyl adjacent to an activating group) is 1. The molecule has 0 unspecified atom stereocenters. The first-order chi connectivity index (χ1) is 33.0. The van der Waals surface area contributed by atoms with E-state index in [4.69, 9.17) is 4.74 Å². The van der Waals surface area contributed by atoms with Gasteiger partial charge in [-0.25, -0.2) is 4.79 Å². The molecule has 2 N–H and O–H groups in total. The zero-order valence-electron chi connectivity index (χ0n) is 46.4. The number of unbranched alkanes of at least 4 members (excludes halogenated alkanes) is 30. The molecule has 0 aliphatic carbocycles.